The van der Waals surface area contributed by atoms with E-state index in [-0.39, 0.29) is 23.2 Å². The number of aryl methyl sites for hydroxylation is 1. The van der Waals surface area contributed by atoms with Gasteiger partial charge in [0.05, 0.1) is 16.5 Å². The van der Waals surface area contributed by atoms with Crippen LogP contribution in [0.1, 0.15) is 58.9 Å². The molecule has 4 rings (SSSR count). The molecule has 1 unspecified atom stereocenters. The number of nitrogens with zero attached hydrogens (tertiary/aromatic N) is 1. The van der Waals surface area contributed by atoms with Crippen LogP contribution in [0.15, 0.2) is 53.1 Å². The minimum atomic E-state index is -0.518. The van der Waals surface area contributed by atoms with Crippen molar-refractivity contribution in [1.82, 2.24) is 4.90 Å². The highest BCUT2D eigenvalue weighted by molar-refractivity contribution is 7.12. The fraction of sp³-hybridized carbons (Fsp3) is 0.364. The lowest BCUT2D eigenvalue weighted by Gasteiger charge is -2.36. The Kier molecular flexibility index (Phi) is 4.87. The monoisotopic (exact) mass is 381 g/mol. The van der Waals surface area contributed by atoms with Crippen LogP contribution in [0.25, 0.3) is 0 Å². The van der Waals surface area contributed by atoms with Crippen molar-refractivity contribution in [3.63, 3.8) is 0 Å². The summed E-state index contributed by atoms with van der Waals surface area (Å²) in [6.45, 7) is 2.00. The molecule has 2 aromatic rings. The van der Waals surface area contributed by atoms with Gasteiger partial charge in [0, 0.05) is 6.04 Å². The number of hydrogen-bond donors (Lipinski definition) is 1. The number of hydrogen-bond acceptors (Lipinski definition) is 4. The molecule has 0 spiro atoms. The van der Waals surface area contributed by atoms with Gasteiger partial charge in [-0.25, -0.2) is 0 Å². The highest BCUT2D eigenvalue weighted by atomic mass is 32.1. The van der Waals surface area contributed by atoms with Crippen LogP contribution in [-0.2, 0) is 4.79 Å². The van der Waals surface area contributed by atoms with E-state index in [1.807, 2.05) is 42.6 Å². The molecule has 140 valence electrons. The molecule has 4 nitrogen and oxygen atoms in total. The lowest BCUT2D eigenvalue weighted by molar-refractivity contribution is -0.132. The zero-order chi connectivity index (χ0) is 19.0. The number of amides is 1. The number of carbonyl (C=O) groups excluding carboxylic acids is 2. The quantitative estimate of drug-likeness (QED) is 0.761. The second-order valence-corrected chi connectivity index (χ2v) is 8.34. The van der Waals surface area contributed by atoms with Gasteiger partial charge in [-0.15, -0.1) is 11.3 Å². The average molecular weight is 381 g/mol. The summed E-state index contributed by atoms with van der Waals surface area (Å²) in [4.78, 5) is 28.5. The first-order valence-electron chi connectivity index (χ1n) is 9.48. The van der Waals surface area contributed by atoms with Gasteiger partial charge in [0.25, 0.3) is 5.91 Å². The standard InChI is InChI=1S/C22H23NO3S/c1-14-7-5-8-15(13-14)19-18(20(24)17-11-6-12-27-17)21(25)22(26)23(19)16-9-3-2-4-10-16/h5-8,11-13,16,19,25H,2-4,9-10H2,1H3. The van der Waals surface area contributed by atoms with Gasteiger partial charge in [0.15, 0.2) is 5.76 Å². The maximum absolute atomic E-state index is 13.2. The van der Waals surface area contributed by atoms with E-state index in [0.29, 0.717) is 4.88 Å². The van der Waals surface area contributed by atoms with Crippen LogP contribution < -0.4 is 0 Å². The van der Waals surface area contributed by atoms with Crippen molar-refractivity contribution in [2.24, 2.45) is 0 Å². The molecule has 1 aliphatic heterocycles. The van der Waals surface area contributed by atoms with E-state index in [9.17, 15) is 14.7 Å². The van der Waals surface area contributed by atoms with Gasteiger partial charge < -0.3 is 10.0 Å². The molecule has 1 aromatic carbocycles. The summed E-state index contributed by atoms with van der Waals surface area (Å²) in [5.41, 5.74) is 2.18. The molecule has 0 radical (unpaired) electrons. The van der Waals surface area contributed by atoms with E-state index in [4.69, 9.17) is 0 Å². The zero-order valence-electron chi connectivity index (χ0n) is 15.4. The predicted octanol–water partition coefficient (Wildman–Crippen LogP) is 4.97. The van der Waals surface area contributed by atoms with Gasteiger partial charge in [0.2, 0.25) is 5.78 Å². The third kappa shape index (κ3) is 3.21. The minimum absolute atomic E-state index is 0.0625. The van der Waals surface area contributed by atoms with Crippen LogP contribution in [0.3, 0.4) is 0 Å². The van der Waals surface area contributed by atoms with Crippen molar-refractivity contribution in [2.45, 2.75) is 51.1 Å². The number of ketones is 1. The van der Waals surface area contributed by atoms with Gasteiger partial charge in [-0.2, -0.15) is 0 Å². The highest BCUT2D eigenvalue weighted by Crippen LogP contribution is 2.43. The van der Waals surface area contributed by atoms with Gasteiger partial charge in [-0.1, -0.05) is 55.2 Å². The van der Waals surface area contributed by atoms with Crippen molar-refractivity contribution in [1.29, 1.82) is 0 Å². The summed E-state index contributed by atoms with van der Waals surface area (Å²) in [5.74, 6) is -1.04. The summed E-state index contributed by atoms with van der Waals surface area (Å²) >= 11 is 1.33. The number of aliphatic hydroxyl groups is 1. The van der Waals surface area contributed by atoms with Crippen LogP contribution in [0, 0.1) is 6.92 Å². The molecule has 1 saturated carbocycles. The molecule has 27 heavy (non-hydrogen) atoms. The highest BCUT2D eigenvalue weighted by Gasteiger charge is 2.46. The maximum Gasteiger partial charge on any atom is 0.290 e. The molecule has 2 aliphatic rings. The molecule has 1 fully saturated rings. The Morgan fingerprint density at radius 1 is 1.15 bits per heavy atom. The Balaban J connectivity index is 1.82. The number of aliphatic hydroxyl groups excluding tert-OH is 1. The first-order chi connectivity index (χ1) is 13.1. The fourth-order valence-corrected chi connectivity index (χ4v) is 4.98. The average Bonchev–Trinajstić information content (AvgIpc) is 3.30. The van der Waals surface area contributed by atoms with Crippen LogP contribution in [0.5, 0.6) is 0 Å². The molecule has 1 amide bonds. The smallest absolute Gasteiger partial charge is 0.290 e. The van der Waals surface area contributed by atoms with E-state index >= 15 is 0 Å². The van der Waals surface area contributed by atoms with Gasteiger partial charge in [0.1, 0.15) is 0 Å². The van der Waals surface area contributed by atoms with Crippen LogP contribution in [-0.4, -0.2) is 27.7 Å². The second-order valence-electron chi connectivity index (χ2n) is 7.39. The Hall–Kier alpha value is -2.40. The van der Waals surface area contributed by atoms with Crippen molar-refractivity contribution >= 4 is 23.0 Å². The molecule has 5 heteroatoms. The minimum Gasteiger partial charge on any atom is -0.503 e. The number of benzene rings is 1. The van der Waals surface area contributed by atoms with Gasteiger partial charge in [-0.3, -0.25) is 9.59 Å². The molecule has 1 aromatic heterocycles. The molecular weight excluding hydrogens is 358 g/mol. The zero-order valence-corrected chi connectivity index (χ0v) is 16.2. The Labute approximate surface area is 163 Å². The summed E-state index contributed by atoms with van der Waals surface area (Å²) in [7, 11) is 0. The SMILES string of the molecule is Cc1cccc(C2C(C(=O)c3cccs3)=C(O)C(=O)N2C2CCCCC2)c1. The first kappa shape index (κ1) is 18.0. The topological polar surface area (TPSA) is 57.6 Å². The second kappa shape index (κ2) is 7.31. The number of thiophene rings is 1. The summed E-state index contributed by atoms with van der Waals surface area (Å²) < 4.78 is 0. The third-order valence-corrected chi connectivity index (χ3v) is 6.43. The van der Waals surface area contributed by atoms with E-state index < -0.39 is 11.9 Å². The summed E-state index contributed by atoms with van der Waals surface area (Å²) in [5, 5.41) is 12.5. The van der Waals surface area contributed by atoms with Crippen LogP contribution >= 0.6 is 11.3 Å². The van der Waals surface area contributed by atoms with Crippen molar-refractivity contribution < 1.29 is 14.7 Å². The van der Waals surface area contributed by atoms with E-state index in [0.717, 1.165) is 36.8 Å². The predicted molar refractivity (Wildman–Crippen MR) is 106 cm³/mol. The van der Waals surface area contributed by atoms with Crippen LogP contribution in [0.2, 0.25) is 0 Å². The maximum atomic E-state index is 13.2. The van der Waals surface area contributed by atoms with Gasteiger partial charge >= 0.3 is 0 Å². The molecule has 1 atom stereocenters. The molecule has 0 saturated heterocycles. The van der Waals surface area contributed by atoms with Gasteiger partial charge in [-0.05, 0) is 36.8 Å². The molecule has 2 heterocycles. The van der Waals surface area contributed by atoms with E-state index in [1.165, 1.54) is 17.8 Å². The Bertz CT molecular complexity index is 894. The lowest BCUT2D eigenvalue weighted by atomic mass is 9.90. The molecular formula is C22H23NO3S. The summed E-state index contributed by atoms with van der Waals surface area (Å²) in [6, 6.07) is 11.0. The largest absolute Gasteiger partial charge is 0.503 e. The number of Topliss-reactive ketones (excluding diaryl/α,β-unsaturated/α-hetero) is 1. The van der Waals surface area contributed by atoms with Crippen molar-refractivity contribution in [3.8, 4) is 0 Å². The molecule has 0 bridgehead atoms. The first-order valence-corrected chi connectivity index (χ1v) is 10.4. The fourth-order valence-electron chi connectivity index (χ4n) is 4.30. The van der Waals surface area contributed by atoms with Crippen molar-refractivity contribution in [2.75, 3.05) is 0 Å². The molecule has 1 aliphatic carbocycles. The molecule has 1 N–H and O–H groups in total. The van der Waals surface area contributed by atoms with E-state index in [1.54, 1.807) is 11.0 Å². The number of carbonyl (C=O) groups is 2. The van der Waals surface area contributed by atoms with E-state index in [2.05, 4.69) is 0 Å². The lowest BCUT2D eigenvalue weighted by Crippen LogP contribution is -2.41. The summed E-state index contributed by atoms with van der Waals surface area (Å²) in [6.07, 6.45) is 5.16. The number of rotatable bonds is 4. The Morgan fingerprint density at radius 2 is 1.93 bits per heavy atom. The normalized spacial score (nSPS) is 21.1. The third-order valence-electron chi connectivity index (χ3n) is 5.56. The van der Waals surface area contributed by atoms with Crippen LogP contribution in [0.4, 0.5) is 0 Å². The van der Waals surface area contributed by atoms with Crippen molar-refractivity contribution in [3.05, 3.63) is 69.1 Å². The Morgan fingerprint density at radius 3 is 2.59 bits per heavy atom.